The zero-order valence-electron chi connectivity index (χ0n) is 8.44. The van der Waals surface area contributed by atoms with Gasteiger partial charge in [0.15, 0.2) is 5.67 Å². The van der Waals surface area contributed by atoms with E-state index in [-0.39, 0.29) is 23.0 Å². The average Bonchev–Trinajstić information content (AvgIpc) is 3.09. The van der Waals surface area contributed by atoms with Gasteiger partial charge < -0.3 is 5.73 Å². The molecule has 0 bridgehead atoms. The average molecular weight is 311 g/mol. The summed E-state index contributed by atoms with van der Waals surface area (Å²) in [5.74, 6) is -0.889. The van der Waals surface area contributed by atoms with Crippen LogP contribution in [0, 0.1) is 11.7 Å². The zero-order valence-corrected chi connectivity index (χ0v) is 10.8. The van der Waals surface area contributed by atoms with E-state index in [0.717, 1.165) is 12.8 Å². The highest BCUT2D eigenvalue weighted by molar-refractivity contribution is 9.10. The third-order valence-electron chi connectivity index (χ3n) is 3.00. The smallest absolute Gasteiger partial charge is 0.153 e. The first-order chi connectivity index (χ1) is 7.50. The van der Waals surface area contributed by atoms with E-state index >= 15 is 0 Å². The molecule has 0 aliphatic heterocycles. The minimum Gasteiger partial charge on any atom is -0.327 e. The highest BCUT2D eigenvalue weighted by Crippen LogP contribution is 2.49. The van der Waals surface area contributed by atoms with Crippen LogP contribution in [0.15, 0.2) is 16.6 Å². The molecule has 1 nitrogen and oxygen atoms in total. The molecule has 2 N–H and O–H groups in total. The molecule has 1 aromatic rings. The van der Waals surface area contributed by atoms with Crippen molar-refractivity contribution >= 4 is 27.5 Å². The Morgan fingerprint density at radius 3 is 2.62 bits per heavy atom. The van der Waals surface area contributed by atoms with Gasteiger partial charge >= 0.3 is 0 Å². The van der Waals surface area contributed by atoms with Crippen LogP contribution in [0.2, 0.25) is 5.02 Å². The van der Waals surface area contributed by atoms with E-state index in [4.69, 9.17) is 17.3 Å². The lowest BCUT2D eigenvalue weighted by molar-refractivity contribution is 0.137. The second-order valence-corrected chi connectivity index (χ2v) is 5.30. The molecular formula is C11H11BrClF2N. The van der Waals surface area contributed by atoms with Crippen LogP contribution in [0.25, 0.3) is 0 Å². The minimum atomic E-state index is -1.78. The van der Waals surface area contributed by atoms with E-state index in [1.807, 2.05) is 0 Å². The maximum absolute atomic E-state index is 14.6. The summed E-state index contributed by atoms with van der Waals surface area (Å²) >= 11 is 8.84. The van der Waals surface area contributed by atoms with Crippen LogP contribution >= 0.6 is 27.5 Å². The number of nitrogens with two attached hydrogens (primary N) is 1. The molecule has 0 spiro atoms. The highest BCUT2D eigenvalue weighted by Gasteiger charge is 2.48. The van der Waals surface area contributed by atoms with Gasteiger partial charge in [-0.1, -0.05) is 17.7 Å². The van der Waals surface area contributed by atoms with E-state index in [1.54, 1.807) is 6.07 Å². The SMILES string of the molecule is NCC(F)(c1ccc(Br)c(Cl)c1F)C1CC1. The molecule has 1 aromatic carbocycles. The molecule has 0 amide bonds. The van der Waals surface area contributed by atoms with Gasteiger partial charge in [0.05, 0.1) is 5.02 Å². The lowest BCUT2D eigenvalue weighted by Gasteiger charge is -2.25. The van der Waals surface area contributed by atoms with Gasteiger partial charge in [-0.3, -0.25) is 0 Å². The Morgan fingerprint density at radius 1 is 1.50 bits per heavy atom. The van der Waals surface area contributed by atoms with E-state index in [9.17, 15) is 8.78 Å². The predicted molar refractivity (Wildman–Crippen MR) is 63.7 cm³/mol. The lowest BCUT2D eigenvalue weighted by atomic mass is 9.90. The van der Waals surface area contributed by atoms with E-state index in [2.05, 4.69) is 15.9 Å². The first kappa shape index (κ1) is 12.3. The molecule has 16 heavy (non-hydrogen) atoms. The molecule has 1 atom stereocenters. The van der Waals surface area contributed by atoms with Gasteiger partial charge in [-0.15, -0.1) is 0 Å². The third kappa shape index (κ3) is 1.87. The van der Waals surface area contributed by atoms with Gasteiger partial charge in [0.2, 0.25) is 0 Å². The first-order valence-electron chi connectivity index (χ1n) is 5.03. The molecule has 0 saturated heterocycles. The van der Waals surface area contributed by atoms with Crippen molar-refractivity contribution in [2.75, 3.05) is 6.54 Å². The van der Waals surface area contributed by atoms with E-state index < -0.39 is 11.5 Å². The molecule has 1 fully saturated rings. The van der Waals surface area contributed by atoms with Crippen molar-refractivity contribution in [3.05, 3.63) is 33.0 Å². The number of hydrogen-bond acceptors (Lipinski definition) is 1. The summed E-state index contributed by atoms with van der Waals surface area (Å²) in [5.41, 5.74) is 3.63. The van der Waals surface area contributed by atoms with Crippen molar-refractivity contribution in [2.45, 2.75) is 18.5 Å². The Hall–Kier alpha value is -0.190. The van der Waals surface area contributed by atoms with Crippen LogP contribution in [0.3, 0.4) is 0 Å². The van der Waals surface area contributed by atoms with Crippen LogP contribution in [-0.2, 0) is 5.67 Å². The van der Waals surface area contributed by atoms with Crippen molar-refractivity contribution in [3.8, 4) is 0 Å². The number of hydrogen-bond donors (Lipinski definition) is 1. The van der Waals surface area contributed by atoms with E-state index in [1.165, 1.54) is 6.07 Å². The standard InChI is InChI=1S/C11H11BrClF2N/c12-8-4-3-7(10(14)9(8)13)11(15,5-16)6-1-2-6/h3-4,6H,1-2,5,16H2. The van der Waals surface area contributed by atoms with Crippen molar-refractivity contribution < 1.29 is 8.78 Å². The summed E-state index contributed by atoms with van der Waals surface area (Å²) in [6.45, 7) is -0.216. The Labute approximate surface area is 106 Å². The maximum Gasteiger partial charge on any atom is 0.153 e. The van der Waals surface area contributed by atoms with Gasteiger partial charge in [-0.25, -0.2) is 8.78 Å². The molecule has 1 unspecified atom stereocenters. The topological polar surface area (TPSA) is 26.0 Å². The second-order valence-electron chi connectivity index (χ2n) is 4.06. The van der Waals surface area contributed by atoms with Crippen LogP contribution in [-0.4, -0.2) is 6.54 Å². The molecular weight excluding hydrogens is 299 g/mol. The monoisotopic (exact) mass is 309 g/mol. The third-order valence-corrected chi connectivity index (χ3v) is 4.26. The number of rotatable bonds is 3. The van der Waals surface area contributed by atoms with Gasteiger partial charge in [0, 0.05) is 16.6 Å². The van der Waals surface area contributed by atoms with Crippen LogP contribution < -0.4 is 5.73 Å². The second kappa shape index (κ2) is 4.24. The lowest BCUT2D eigenvalue weighted by Crippen LogP contribution is -2.33. The fraction of sp³-hybridized carbons (Fsp3) is 0.455. The Kier molecular flexibility index (Phi) is 3.25. The Bertz CT molecular complexity index is 423. The molecule has 88 valence electrons. The van der Waals surface area contributed by atoms with Gasteiger partial charge in [0.1, 0.15) is 5.82 Å². The molecule has 0 aromatic heterocycles. The van der Waals surface area contributed by atoms with Crippen molar-refractivity contribution in [1.82, 2.24) is 0 Å². The molecule has 5 heteroatoms. The van der Waals surface area contributed by atoms with Gasteiger partial charge in [-0.2, -0.15) is 0 Å². The van der Waals surface area contributed by atoms with Crippen LogP contribution in [0.5, 0.6) is 0 Å². The molecule has 1 saturated carbocycles. The zero-order chi connectivity index (χ0) is 11.9. The largest absolute Gasteiger partial charge is 0.327 e. The van der Waals surface area contributed by atoms with Crippen molar-refractivity contribution in [3.63, 3.8) is 0 Å². The first-order valence-corrected chi connectivity index (χ1v) is 6.20. The van der Waals surface area contributed by atoms with Crippen molar-refractivity contribution in [2.24, 2.45) is 11.7 Å². The molecule has 0 radical (unpaired) electrons. The number of benzene rings is 1. The Balaban J connectivity index is 2.50. The fourth-order valence-electron chi connectivity index (χ4n) is 1.88. The molecule has 1 aliphatic rings. The molecule has 2 rings (SSSR count). The van der Waals surface area contributed by atoms with Gasteiger partial charge in [0.25, 0.3) is 0 Å². The van der Waals surface area contributed by atoms with Crippen LogP contribution in [0.4, 0.5) is 8.78 Å². The predicted octanol–water partition coefficient (Wildman–Crippen LogP) is 3.78. The molecule has 0 heterocycles. The normalized spacial score (nSPS) is 19.6. The van der Waals surface area contributed by atoms with Crippen molar-refractivity contribution in [1.29, 1.82) is 0 Å². The molecule has 1 aliphatic carbocycles. The Morgan fingerprint density at radius 2 is 2.12 bits per heavy atom. The summed E-state index contributed by atoms with van der Waals surface area (Å²) in [5, 5.41) is -0.0892. The number of halogens is 4. The summed E-state index contributed by atoms with van der Waals surface area (Å²) in [7, 11) is 0. The van der Waals surface area contributed by atoms with E-state index in [0.29, 0.717) is 4.47 Å². The summed E-state index contributed by atoms with van der Waals surface area (Å²) in [6, 6.07) is 2.96. The van der Waals surface area contributed by atoms with Gasteiger partial charge in [-0.05, 0) is 40.8 Å². The maximum atomic E-state index is 14.6. The summed E-state index contributed by atoms with van der Waals surface area (Å²) in [6.07, 6.45) is 1.50. The minimum absolute atomic E-state index is 0.0225. The highest BCUT2D eigenvalue weighted by atomic mass is 79.9. The number of alkyl halides is 1. The van der Waals surface area contributed by atoms with Crippen LogP contribution in [0.1, 0.15) is 18.4 Å². The fourth-order valence-corrected chi connectivity index (χ4v) is 2.36. The summed E-state index contributed by atoms with van der Waals surface area (Å²) in [4.78, 5) is 0. The summed E-state index contributed by atoms with van der Waals surface area (Å²) < 4.78 is 28.9. The quantitative estimate of drug-likeness (QED) is 0.845.